The van der Waals surface area contributed by atoms with Crippen LogP contribution in [0.2, 0.25) is 0 Å². The van der Waals surface area contributed by atoms with E-state index in [0.717, 1.165) is 12.1 Å². The number of hydrogen-bond acceptors (Lipinski definition) is 4. The van der Waals surface area contributed by atoms with Crippen molar-refractivity contribution in [2.24, 2.45) is 0 Å². The molecule has 0 spiro atoms. The van der Waals surface area contributed by atoms with Crippen molar-refractivity contribution in [3.8, 4) is 5.75 Å². The zero-order valence-electron chi connectivity index (χ0n) is 12.8. The molecule has 2 aromatic carbocycles. The summed E-state index contributed by atoms with van der Waals surface area (Å²) in [5.41, 5.74) is 0.329. The van der Waals surface area contributed by atoms with Crippen LogP contribution < -0.4 is 4.74 Å². The second kappa shape index (κ2) is 8.01. The fourth-order valence-electron chi connectivity index (χ4n) is 1.83. The van der Waals surface area contributed by atoms with Crippen molar-refractivity contribution in [2.45, 2.75) is 0 Å². The van der Waals surface area contributed by atoms with Crippen molar-refractivity contribution in [1.82, 2.24) is 0 Å². The molecule has 6 heteroatoms. The van der Waals surface area contributed by atoms with Gasteiger partial charge in [-0.05, 0) is 42.5 Å². The Morgan fingerprint density at radius 1 is 1.08 bits per heavy atom. The van der Waals surface area contributed by atoms with E-state index in [1.807, 2.05) is 0 Å². The zero-order valence-corrected chi connectivity index (χ0v) is 12.8. The third-order valence-corrected chi connectivity index (χ3v) is 3.12. The molecular weight excluding hydrogens is 318 g/mol. The topological polar surface area (TPSA) is 52.6 Å². The third kappa shape index (κ3) is 4.49. The molecule has 0 amide bonds. The van der Waals surface area contributed by atoms with Gasteiger partial charge in [0, 0.05) is 11.1 Å². The first kappa shape index (κ1) is 17.3. The molecule has 0 fully saturated rings. The maximum Gasteiger partial charge on any atom is 0.343 e. The number of methoxy groups -OCH3 is 1. The lowest BCUT2D eigenvalue weighted by Crippen LogP contribution is -2.12. The van der Waals surface area contributed by atoms with Gasteiger partial charge < -0.3 is 9.47 Å². The number of rotatable bonds is 6. The van der Waals surface area contributed by atoms with E-state index < -0.39 is 17.6 Å². The highest BCUT2D eigenvalue weighted by molar-refractivity contribution is 6.06. The standard InChI is InChI=1S/C18H14F2O4/c1-23-17(22)11-24-14-8-5-12(6-9-14)16(21)10-7-13-3-2-4-15(19)18(13)20/h2-10H,11H2,1H3/b10-7+. The highest BCUT2D eigenvalue weighted by atomic mass is 19.2. The van der Waals surface area contributed by atoms with E-state index in [2.05, 4.69) is 4.74 Å². The Bertz CT molecular complexity index is 767. The number of esters is 1. The fraction of sp³-hybridized carbons (Fsp3) is 0.111. The van der Waals surface area contributed by atoms with Crippen LogP contribution in [0.15, 0.2) is 48.5 Å². The number of carbonyl (C=O) groups excluding carboxylic acids is 2. The summed E-state index contributed by atoms with van der Waals surface area (Å²) in [6, 6.07) is 9.77. The Morgan fingerprint density at radius 2 is 1.79 bits per heavy atom. The van der Waals surface area contributed by atoms with Gasteiger partial charge in [-0.1, -0.05) is 12.1 Å². The number of ketones is 1. The molecular formula is C18H14F2O4. The van der Waals surface area contributed by atoms with E-state index in [-0.39, 0.29) is 18.0 Å². The molecule has 0 saturated heterocycles. The molecule has 2 rings (SSSR count). The summed E-state index contributed by atoms with van der Waals surface area (Å²) in [4.78, 5) is 23.0. The lowest BCUT2D eigenvalue weighted by molar-refractivity contribution is -0.142. The van der Waals surface area contributed by atoms with Crippen molar-refractivity contribution in [3.05, 3.63) is 71.3 Å². The molecule has 124 valence electrons. The van der Waals surface area contributed by atoms with Crippen LogP contribution in [0.3, 0.4) is 0 Å². The van der Waals surface area contributed by atoms with Crippen molar-refractivity contribution < 1.29 is 27.8 Å². The monoisotopic (exact) mass is 332 g/mol. The number of ether oxygens (including phenoxy) is 2. The molecule has 0 unspecified atom stereocenters. The quantitative estimate of drug-likeness (QED) is 0.462. The maximum absolute atomic E-state index is 13.5. The van der Waals surface area contributed by atoms with Crippen LogP contribution in [0.4, 0.5) is 8.78 Å². The summed E-state index contributed by atoms with van der Waals surface area (Å²) in [5.74, 6) is -2.48. The minimum Gasteiger partial charge on any atom is -0.482 e. The minimum absolute atomic E-state index is 0.0126. The van der Waals surface area contributed by atoms with Crippen molar-refractivity contribution in [1.29, 1.82) is 0 Å². The highest BCUT2D eigenvalue weighted by Gasteiger charge is 2.07. The molecule has 2 aromatic rings. The van der Waals surface area contributed by atoms with Crippen LogP contribution in [0.5, 0.6) is 5.75 Å². The largest absolute Gasteiger partial charge is 0.482 e. The van der Waals surface area contributed by atoms with Gasteiger partial charge in [-0.2, -0.15) is 0 Å². The van der Waals surface area contributed by atoms with Gasteiger partial charge >= 0.3 is 5.97 Å². The van der Waals surface area contributed by atoms with Crippen LogP contribution in [0.1, 0.15) is 15.9 Å². The molecule has 24 heavy (non-hydrogen) atoms. The molecule has 0 atom stereocenters. The van der Waals surface area contributed by atoms with Gasteiger partial charge in [0.25, 0.3) is 0 Å². The minimum atomic E-state index is -1.01. The Morgan fingerprint density at radius 3 is 2.46 bits per heavy atom. The van der Waals surface area contributed by atoms with Gasteiger partial charge in [-0.15, -0.1) is 0 Å². The van der Waals surface area contributed by atoms with Gasteiger partial charge in [-0.25, -0.2) is 13.6 Å². The summed E-state index contributed by atoms with van der Waals surface area (Å²) in [7, 11) is 1.25. The predicted molar refractivity (Wildman–Crippen MR) is 83.7 cm³/mol. The first-order chi connectivity index (χ1) is 11.5. The summed E-state index contributed by atoms with van der Waals surface area (Å²) in [5, 5.41) is 0. The maximum atomic E-state index is 13.5. The number of carbonyl (C=O) groups is 2. The first-order valence-electron chi connectivity index (χ1n) is 6.97. The predicted octanol–water partition coefficient (Wildman–Crippen LogP) is 3.41. The molecule has 0 aromatic heterocycles. The second-order valence-electron chi connectivity index (χ2n) is 4.73. The first-order valence-corrected chi connectivity index (χ1v) is 6.97. The Kier molecular flexibility index (Phi) is 5.78. The third-order valence-electron chi connectivity index (χ3n) is 3.12. The molecule has 4 nitrogen and oxygen atoms in total. The normalized spacial score (nSPS) is 10.6. The van der Waals surface area contributed by atoms with E-state index in [9.17, 15) is 18.4 Å². The summed E-state index contributed by atoms with van der Waals surface area (Å²) < 4.78 is 36.2. The van der Waals surface area contributed by atoms with E-state index >= 15 is 0 Å². The van der Waals surface area contributed by atoms with Crippen LogP contribution in [0, 0.1) is 11.6 Å². The van der Waals surface area contributed by atoms with Gasteiger partial charge in [0.2, 0.25) is 0 Å². The molecule has 0 aliphatic heterocycles. The fourth-order valence-corrected chi connectivity index (χ4v) is 1.83. The lowest BCUT2D eigenvalue weighted by Gasteiger charge is -2.05. The molecule has 0 radical (unpaired) electrons. The van der Waals surface area contributed by atoms with Crippen LogP contribution in [-0.2, 0) is 9.53 Å². The summed E-state index contributed by atoms with van der Waals surface area (Å²) in [6.07, 6.45) is 2.37. The molecule has 0 heterocycles. The number of allylic oxidation sites excluding steroid dienone is 1. The van der Waals surface area contributed by atoms with Gasteiger partial charge in [0.05, 0.1) is 7.11 Å². The molecule has 0 aliphatic rings. The number of benzene rings is 2. The molecule has 0 aliphatic carbocycles. The Balaban J connectivity index is 2.03. The van der Waals surface area contributed by atoms with Crippen LogP contribution in [0.25, 0.3) is 6.08 Å². The summed E-state index contributed by atoms with van der Waals surface area (Å²) >= 11 is 0. The zero-order chi connectivity index (χ0) is 17.5. The van der Waals surface area contributed by atoms with E-state index in [1.165, 1.54) is 49.6 Å². The second-order valence-corrected chi connectivity index (χ2v) is 4.73. The average Bonchev–Trinajstić information content (AvgIpc) is 2.61. The smallest absolute Gasteiger partial charge is 0.343 e. The van der Waals surface area contributed by atoms with E-state index in [0.29, 0.717) is 11.3 Å². The number of halogens is 2. The van der Waals surface area contributed by atoms with Gasteiger partial charge in [0.15, 0.2) is 24.0 Å². The van der Waals surface area contributed by atoms with E-state index in [1.54, 1.807) is 0 Å². The van der Waals surface area contributed by atoms with Crippen LogP contribution in [-0.4, -0.2) is 25.5 Å². The Labute approximate surface area is 137 Å². The molecule has 0 N–H and O–H groups in total. The highest BCUT2D eigenvalue weighted by Crippen LogP contribution is 2.15. The SMILES string of the molecule is COC(=O)COc1ccc(C(=O)/C=C/c2cccc(F)c2F)cc1. The lowest BCUT2D eigenvalue weighted by atomic mass is 10.1. The van der Waals surface area contributed by atoms with E-state index in [4.69, 9.17) is 4.74 Å². The van der Waals surface area contributed by atoms with Gasteiger partial charge in [0.1, 0.15) is 5.75 Å². The van der Waals surface area contributed by atoms with Crippen molar-refractivity contribution in [2.75, 3.05) is 13.7 Å². The molecule has 0 saturated carbocycles. The average molecular weight is 332 g/mol. The number of hydrogen-bond donors (Lipinski definition) is 0. The van der Waals surface area contributed by atoms with Crippen LogP contribution >= 0.6 is 0 Å². The molecule has 0 bridgehead atoms. The van der Waals surface area contributed by atoms with Crippen molar-refractivity contribution in [3.63, 3.8) is 0 Å². The van der Waals surface area contributed by atoms with Gasteiger partial charge in [-0.3, -0.25) is 4.79 Å². The Hall–Kier alpha value is -3.02. The van der Waals surface area contributed by atoms with Crippen molar-refractivity contribution >= 4 is 17.8 Å². The summed E-state index contributed by atoms with van der Waals surface area (Å²) in [6.45, 7) is -0.234.